The van der Waals surface area contributed by atoms with Crippen LogP contribution in [-0.2, 0) is 31.2 Å². The van der Waals surface area contributed by atoms with Crippen molar-refractivity contribution in [3.63, 3.8) is 0 Å². The summed E-state index contributed by atoms with van der Waals surface area (Å²) in [6, 6.07) is 4.54. The number of fused-ring (bicyclic) bond motifs is 1. The van der Waals surface area contributed by atoms with Crippen LogP contribution >= 0.6 is 0 Å². The minimum atomic E-state index is -3.59. The van der Waals surface area contributed by atoms with Crippen molar-refractivity contribution < 1.29 is 36.1 Å². The van der Waals surface area contributed by atoms with E-state index in [1.54, 1.807) is 20.8 Å². The fourth-order valence-corrected chi connectivity index (χ4v) is 8.42. The van der Waals surface area contributed by atoms with Crippen LogP contribution in [0.4, 0.5) is 17.6 Å². The molecule has 0 spiro atoms. The summed E-state index contributed by atoms with van der Waals surface area (Å²) in [4.78, 5) is 38.3. The zero-order valence-electron chi connectivity index (χ0n) is 23.6. The second-order valence-electron chi connectivity index (χ2n) is 12.0. The zero-order chi connectivity index (χ0) is 30.6. The first-order valence-corrected chi connectivity index (χ1v) is 14.6. The van der Waals surface area contributed by atoms with Gasteiger partial charge in [0.05, 0.1) is 38.8 Å². The Balaban J connectivity index is 1.85. The second-order valence-corrected chi connectivity index (χ2v) is 15.0. The SMILES string of the molecule is CC(C)(C)OC(=O)CC1=N[C@](C)(c2nc(CC(=O)c3ccc(F)cn3)ccc2F)[C@H]2CC(F)(F)CN=[S@]2(=O)C1(C)C. The van der Waals surface area contributed by atoms with E-state index in [2.05, 4.69) is 19.3 Å². The second kappa shape index (κ2) is 10.2. The fourth-order valence-electron chi connectivity index (χ4n) is 5.12. The lowest BCUT2D eigenvalue weighted by Crippen LogP contribution is -2.61. The molecule has 2 aromatic heterocycles. The molecule has 0 radical (unpaired) electrons. The maximum atomic E-state index is 15.5. The summed E-state index contributed by atoms with van der Waals surface area (Å²) in [7, 11) is -3.59. The number of carbonyl (C=O) groups excluding carboxylic acids is 2. The molecule has 222 valence electrons. The molecule has 0 saturated carbocycles. The topological polar surface area (TPSA) is 111 Å². The number of esters is 1. The van der Waals surface area contributed by atoms with Crippen molar-refractivity contribution in [2.45, 2.75) is 87.9 Å². The van der Waals surface area contributed by atoms with Gasteiger partial charge in [0.1, 0.15) is 40.7 Å². The standard InChI is InChI=1S/C28H32F4N4O4S/c1-25(2,3)40-23(38)12-21-26(4,5)41(39)22(13-28(31,32)15-34-41)27(6,36-21)24-18(30)9-8-17(35-24)11-20(37)19-10-7-16(29)14-33-19/h7-10,14,22H,11-13,15H2,1-6H3/t22-,27+,41-/m1/s1. The van der Waals surface area contributed by atoms with Crippen LogP contribution in [0, 0.1) is 11.6 Å². The molecule has 0 aromatic carbocycles. The average molecular weight is 597 g/mol. The summed E-state index contributed by atoms with van der Waals surface area (Å²) in [6.07, 6.45) is -0.803. The number of alkyl halides is 2. The first kappa shape index (κ1) is 30.7. The number of hydrogen-bond donors (Lipinski definition) is 0. The molecule has 2 aliphatic rings. The normalized spacial score (nSPS) is 26.8. The largest absolute Gasteiger partial charge is 0.460 e. The minimum Gasteiger partial charge on any atom is -0.460 e. The Labute approximate surface area is 236 Å². The Morgan fingerprint density at radius 2 is 1.76 bits per heavy atom. The van der Waals surface area contributed by atoms with E-state index in [1.165, 1.54) is 32.9 Å². The van der Waals surface area contributed by atoms with Crippen molar-refractivity contribution >= 4 is 27.2 Å². The van der Waals surface area contributed by atoms with Gasteiger partial charge in [0.2, 0.25) is 0 Å². The molecule has 0 N–H and O–H groups in total. The Kier molecular flexibility index (Phi) is 7.68. The highest BCUT2D eigenvalue weighted by molar-refractivity contribution is 7.96. The predicted octanol–water partition coefficient (Wildman–Crippen LogP) is 5.24. The van der Waals surface area contributed by atoms with Gasteiger partial charge in [0.15, 0.2) is 5.78 Å². The van der Waals surface area contributed by atoms with Crippen LogP contribution in [0.3, 0.4) is 0 Å². The summed E-state index contributed by atoms with van der Waals surface area (Å²) >= 11 is 0. The third-order valence-corrected chi connectivity index (χ3v) is 10.9. The summed E-state index contributed by atoms with van der Waals surface area (Å²) < 4.78 is 80.9. The summed E-state index contributed by atoms with van der Waals surface area (Å²) in [5, 5.41) is -1.47. The molecule has 2 aliphatic heterocycles. The molecule has 0 fully saturated rings. The van der Waals surface area contributed by atoms with Gasteiger partial charge < -0.3 is 4.74 Å². The number of pyridine rings is 2. The van der Waals surface area contributed by atoms with Crippen molar-refractivity contribution in [2.24, 2.45) is 9.36 Å². The molecule has 13 heteroatoms. The number of rotatable bonds is 6. The van der Waals surface area contributed by atoms with Crippen molar-refractivity contribution in [1.29, 1.82) is 0 Å². The third kappa shape index (κ3) is 5.91. The Bertz CT molecular complexity index is 1540. The molecule has 0 amide bonds. The van der Waals surface area contributed by atoms with Crippen LogP contribution in [0.2, 0.25) is 0 Å². The van der Waals surface area contributed by atoms with Gasteiger partial charge in [-0.15, -0.1) is 0 Å². The Morgan fingerprint density at radius 1 is 1.07 bits per heavy atom. The first-order valence-electron chi connectivity index (χ1n) is 13.0. The molecule has 8 nitrogen and oxygen atoms in total. The Morgan fingerprint density at radius 3 is 2.37 bits per heavy atom. The van der Waals surface area contributed by atoms with Crippen molar-refractivity contribution in [3.05, 3.63) is 59.2 Å². The number of ketones is 1. The number of halogens is 4. The van der Waals surface area contributed by atoms with Crippen LogP contribution in [-0.4, -0.2) is 59.7 Å². The number of hydrogen-bond acceptors (Lipinski definition) is 8. The molecule has 0 aliphatic carbocycles. The highest BCUT2D eigenvalue weighted by atomic mass is 32.2. The van der Waals surface area contributed by atoms with Crippen molar-refractivity contribution in [1.82, 2.24) is 9.97 Å². The average Bonchev–Trinajstić information content (AvgIpc) is 2.84. The van der Waals surface area contributed by atoms with E-state index in [1.807, 2.05) is 0 Å². The molecular weight excluding hydrogens is 564 g/mol. The molecule has 0 saturated heterocycles. The van der Waals surface area contributed by atoms with Gasteiger partial charge in [0, 0.05) is 17.8 Å². The van der Waals surface area contributed by atoms with Gasteiger partial charge in [-0.2, -0.15) is 0 Å². The van der Waals surface area contributed by atoms with Gasteiger partial charge in [-0.05, 0) is 65.8 Å². The lowest BCUT2D eigenvalue weighted by atomic mass is 9.87. The van der Waals surface area contributed by atoms with Gasteiger partial charge in [0.25, 0.3) is 5.92 Å². The maximum absolute atomic E-state index is 15.5. The summed E-state index contributed by atoms with van der Waals surface area (Å²) in [5.41, 5.74) is -3.10. The monoisotopic (exact) mass is 596 g/mol. The zero-order valence-corrected chi connectivity index (χ0v) is 24.5. The quantitative estimate of drug-likeness (QED) is 0.256. The lowest BCUT2D eigenvalue weighted by molar-refractivity contribution is -0.153. The molecule has 3 atom stereocenters. The molecule has 0 unspecified atom stereocenters. The summed E-state index contributed by atoms with van der Waals surface area (Å²) in [5.74, 6) is -6.11. The van der Waals surface area contributed by atoms with Gasteiger partial charge in [-0.3, -0.25) is 24.5 Å². The fraction of sp³-hybridized carbons (Fsp3) is 0.536. The highest BCUT2D eigenvalue weighted by Gasteiger charge is 2.61. The van der Waals surface area contributed by atoms with Crippen LogP contribution in [0.15, 0.2) is 39.8 Å². The molecule has 0 bridgehead atoms. The van der Waals surface area contributed by atoms with E-state index in [0.29, 0.717) is 0 Å². The number of aliphatic imine (C=N–C) groups is 1. The molecule has 4 rings (SSSR count). The highest BCUT2D eigenvalue weighted by Crippen LogP contribution is 2.50. The first-order chi connectivity index (χ1) is 18.8. The van der Waals surface area contributed by atoms with Crippen molar-refractivity contribution in [3.8, 4) is 0 Å². The Hall–Kier alpha value is -3.22. The maximum Gasteiger partial charge on any atom is 0.312 e. The van der Waals surface area contributed by atoms with Crippen molar-refractivity contribution in [2.75, 3.05) is 6.54 Å². The summed E-state index contributed by atoms with van der Waals surface area (Å²) in [6.45, 7) is 8.41. The van der Waals surface area contributed by atoms with E-state index >= 15 is 4.39 Å². The number of Topliss-reactive ketones (excluding diaryl/α,β-unsaturated/α-hetero) is 1. The predicted molar refractivity (Wildman–Crippen MR) is 145 cm³/mol. The van der Waals surface area contributed by atoms with Crippen LogP contribution in [0.1, 0.15) is 76.3 Å². The van der Waals surface area contributed by atoms with Crippen LogP contribution < -0.4 is 0 Å². The van der Waals surface area contributed by atoms with E-state index in [0.717, 1.165) is 18.3 Å². The van der Waals surface area contributed by atoms with Gasteiger partial charge in [-0.1, -0.05) is 0 Å². The van der Waals surface area contributed by atoms with E-state index in [-0.39, 0.29) is 23.5 Å². The number of carbonyl (C=O) groups is 2. The smallest absolute Gasteiger partial charge is 0.312 e. The lowest BCUT2D eigenvalue weighted by Gasteiger charge is -2.49. The van der Waals surface area contributed by atoms with Gasteiger partial charge >= 0.3 is 5.97 Å². The molecule has 4 heterocycles. The third-order valence-electron chi connectivity index (χ3n) is 7.25. The van der Waals surface area contributed by atoms with Crippen LogP contribution in [0.5, 0.6) is 0 Å². The molecule has 2 aromatic rings. The minimum absolute atomic E-state index is 0.0453. The van der Waals surface area contributed by atoms with E-state index in [4.69, 9.17) is 4.74 Å². The van der Waals surface area contributed by atoms with E-state index < -0.39 is 85.3 Å². The van der Waals surface area contributed by atoms with Gasteiger partial charge in [-0.25, -0.2) is 26.1 Å². The number of nitrogens with zero attached hydrogens (tertiary/aromatic N) is 4. The van der Waals surface area contributed by atoms with E-state index in [9.17, 15) is 27.0 Å². The number of aromatic nitrogens is 2. The molecular formula is C28H32F4N4O4S. The molecule has 41 heavy (non-hydrogen) atoms. The van der Waals surface area contributed by atoms with Crippen LogP contribution in [0.25, 0.3) is 0 Å². The number of ether oxygens (including phenoxy) is 1.